The fraction of sp³-hybridized carbons (Fsp3) is 0.267. The molecule has 0 bridgehead atoms. The zero-order valence-corrected chi connectivity index (χ0v) is 11.4. The number of rotatable bonds is 8. The standard InChI is InChI=1S/C15H19NOS/c1-3-10-16(11-4-2)15(17)13-18-12-14-8-6-5-7-9-14/h3-9H,1-2,10-13H2. The largest absolute Gasteiger partial charge is 0.335 e. The van der Waals surface area contributed by atoms with Gasteiger partial charge in [0.1, 0.15) is 0 Å². The smallest absolute Gasteiger partial charge is 0.233 e. The molecule has 18 heavy (non-hydrogen) atoms. The van der Waals surface area contributed by atoms with E-state index in [-0.39, 0.29) is 5.91 Å². The summed E-state index contributed by atoms with van der Waals surface area (Å²) in [4.78, 5) is 13.7. The Bertz CT molecular complexity index is 379. The molecular weight excluding hydrogens is 242 g/mol. The van der Waals surface area contributed by atoms with Crippen molar-refractivity contribution in [3.63, 3.8) is 0 Å². The van der Waals surface area contributed by atoms with Crippen molar-refractivity contribution in [2.75, 3.05) is 18.8 Å². The zero-order valence-electron chi connectivity index (χ0n) is 10.5. The maximum atomic E-state index is 11.9. The molecule has 2 nitrogen and oxygen atoms in total. The second-order valence-corrected chi connectivity index (χ2v) is 4.84. The van der Waals surface area contributed by atoms with Crippen LogP contribution < -0.4 is 0 Å². The lowest BCUT2D eigenvalue weighted by Crippen LogP contribution is -2.32. The van der Waals surface area contributed by atoms with Crippen LogP contribution in [0.25, 0.3) is 0 Å². The Morgan fingerprint density at radius 3 is 2.33 bits per heavy atom. The Balaban J connectivity index is 2.35. The maximum Gasteiger partial charge on any atom is 0.233 e. The fourth-order valence-corrected chi connectivity index (χ4v) is 2.40. The van der Waals surface area contributed by atoms with Crippen molar-refractivity contribution in [1.29, 1.82) is 0 Å². The first-order valence-electron chi connectivity index (χ1n) is 5.89. The van der Waals surface area contributed by atoms with E-state index >= 15 is 0 Å². The summed E-state index contributed by atoms with van der Waals surface area (Å²) < 4.78 is 0. The van der Waals surface area contributed by atoms with Crippen LogP contribution in [0.1, 0.15) is 5.56 Å². The third-order valence-electron chi connectivity index (χ3n) is 2.39. The fourth-order valence-electron chi connectivity index (χ4n) is 1.51. The SMILES string of the molecule is C=CCN(CC=C)C(=O)CSCc1ccccc1. The van der Waals surface area contributed by atoms with Crippen molar-refractivity contribution in [2.45, 2.75) is 5.75 Å². The Labute approximate surface area is 113 Å². The maximum absolute atomic E-state index is 11.9. The van der Waals surface area contributed by atoms with E-state index in [1.54, 1.807) is 28.8 Å². The van der Waals surface area contributed by atoms with E-state index in [1.807, 2.05) is 18.2 Å². The van der Waals surface area contributed by atoms with Crippen molar-refractivity contribution < 1.29 is 4.79 Å². The van der Waals surface area contributed by atoms with Gasteiger partial charge in [-0.15, -0.1) is 24.9 Å². The van der Waals surface area contributed by atoms with Crippen molar-refractivity contribution in [1.82, 2.24) is 4.90 Å². The molecule has 3 heteroatoms. The monoisotopic (exact) mass is 261 g/mol. The third kappa shape index (κ3) is 5.23. The molecule has 0 radical (unpaired) electrons. The predicted octanol–water partition coefficient (Wildman–Crippen LogP) is 3.12. The molecule has 0 atom stereocenters. The Kier molecular flexibility index (Phi) is 6.96. The van der Waals surface area contributed by atoms with Gasteiger partial charge in [0.25, 0.3) is 0 Å². The summed E-state index contributed by atoms with van der Waals surface area (Å²) in [6.07, 6.45) is 3.48. The molecule has 0 aliphatic rings. The molecule has 0 saturated carbocycles. The Morgan fingerprint density at radius 1 is 1.17 bits per heavy atom. The Hall–Kier alpha value is -1.48. The number of hydrogen-bond acceptors (Lipinski definition) is 2. The van der Waals surface area contributed by atoms with Crippen LogP contribution in [0, 0.1) is 0 Å². The lowest BCUT2D eigenvalue weighted by Gasteiger charge is -2.18. The van der Waals surface area contributed by atoms with E-state index in [0.717, 1.165) is 5.75 Å². The number of amides is 1. The van der Waals surface area contributed by atoms with Crippen LogP contribution in [0.2, 0.25) is 0 Å². The summed E-state index contributed by atoms with van der Waals surface area (Å²) >= 11 is 1.63. The van der Waals surface area contributed by atoms with Gasteiger partial charge in [-0.3, -0.25) is 4.79 Å². The summed E-state index contributed by atoms with van der Waals surface area (Å²) in [5.41, 5.74) is 1.24. The first kappa shape index (κ1) is 14.6. The minimum absolute atomic E-state index is 0.135. The molecule has 96 valence electrons. The molecule has 0 fully saturated rings. The van der Waals surface area contributed by atoms with Gasteiger partial charge in [0, 0.05) is 18.8 Å². The van der Waals surface area contributed by atoms with E-state index in [0.29, 0.717) is 18.8 Å². The van der Waals surface area contributed by atoms with Gasteiger partial charge in [0.2, 0.25) is 5.91 Å². The highest BCUT2D eigenvalue weighted by atomic mass is 32.2. The quantitative estimate of drug-likeness (QED) is 0.670. The van der Waals surface area contributed by atoms with E-state index in [4.69, 9.17) is 0 Å². The predicted molar refractivity (Wildman–Crippen MR) is 79.6 cm³/mol. The zero-order chi connectivity index (χ0) is 13.2. The number of carbonyl (C=O) groups is 1. The van der Waals surface area contributed by atoms with E-state index in [9.17, 15) is 4.79 Å². The van der Waals surface area contributed by atoms with Crippen molar-refractivity contribution >= 4 is 17.7 Å². The summed E-state index contributed by atoms with van der Waals surface area (Å²) in [5, 5.41) is 0. The van der Waals surface area contributed by atoms with Crippen LogP contribution in [-0.2, 0) is 10.5 Å². The lowest BCUT2D eigenvalue weighted by molar-refractivity contribution is -0.127. The molecule has 0 unspecified atom stereocenters. The van der Waals surface area contributed by atoms with Crippen LogP contribution in [0.4, 0.5) is 0 Å². The number of thioether (sulfide) groups is 1. The van der Waals surface area contributed by atoms with Crippen molar-refractivity contribution in [3.8, 4) is 0 Å². The molecule has 1 amide bonds. The van der Waals surface area contributed by atoms with Gasteiger partial charge in [-0.2, -0.15) is 0 Å². The molecule has 0 N–H and O–H groups in total. The van der Waals surface area contributed by atoms with Crippen LogP contribution in [0.3, 0.4) is 0 Å². The molecule has 1 aromatic carbocycles. The number of benzene rings is 1. The van der Waals surface area contributed by atoms with E-state index in [1.165, 1.54) is 5.56 Å². The highest BCUT2D eigenvalue weighted by Gasteiger charge is 2.10. The van der Waals surface area contributed by atoms with E-state index < -0.39 is 0 Å². The second-order valence-electron chi connectivity index (χ2n) is 3.85. The summed E-state index contributed by atoms with van der Waals surface area (Å²) in [6, 6.07) is 10.2. The third-order valence-corrected chi connectivity index (χ3v) is 3.38. The Morgan fingerprint density at radius 2 is 1.78 bits per heavy atom. The first-order valence-corrected chi connectivity index (χ1v) is 7.04. The molecule has 0 aliphatic carbocycles. The average Bonchev–Trinajstić information content (AvgIpc) is 2.39. The van der Waals surface area contributed by atoms with Gasteiger partial charge in [-0.25, -0.2) is 0 Å². The summed E-state index contributed by atoms with van der Waals surface area (Å²) in [6.45, 7) is 8.48. The number of carbonyl (C=O) groups excluding carboxylic acids is 1. The van der Waals surface area contributed by atoms with Gasteiger partial charge in [0.05, 0.1) is 5.75 Å². The van der Waals surface area contributed by atoms with Gasteiger partial charge >= 0.3 is 0 Å². The minimum Gasteiger partial charge on any atom is -0.335 e. The average molecular weight is 261 g/mol. The minimum atomic E-state index is 0.135. The molecule has 0 aromatic heterocycles. The van der Waals surface area contributed by atoms with Gasteiger partial charge in [-0.1, -0.05) is 42.5 Å². The molecular formula is C15H19NOS. The summed E-state index contributed by atoms with van der Waals surface area (Å²) in [7, 11) is 0. The first-order chi connectivity index (χ1) is 8.77. The molecule has 0 spiro atoms. The lowest BCUT2D eigenvalue weighted by atomic mass is 10.2. The molecule has 1 aromatic rings. The highest BCUT2D eigenvalue weighted by Crippen LogP contribution is 2.12. The van der Waals surface area contributed by atoms with Gasteiger partial charge < -0.3 is 4.90 Å². The van der Waals surface area contributed by atoms with E-state index in [2.05, 4.69) is 25.3 Å². The normalized spacial score (nSPS) is 9.78. The van der Waals surface area contributed by atoms with Crippen LogP contribution in [-0.4, -0.2) is 29.6 Å². The molecule has 0 saturated heterocycles. The molecule has 0 aliphatic heterocycles. The number of hydrogen-bond donors (Lipinski definition) is 0. The topological polar surface area (TPSA) is 20.3 Å². The van der Waals surface area contributed by atoms with Gasteiger partial charge in [0.15, 0.2) is 0 Å². The van der Waals surface area contributed by atoms with Gasteiger partial charge in [-0.05, 0) is 5.56 Å². The van der Waals surface area contributed by atoms with Crippen molar-refractivity contribution in [2.24, 2.45) is 0 Å². The molecule has 1 rings (SSSR count). The van der Waals surface area contributed by atoms with Crippen LogP contribution in [0.15, 0.2) is 55.6 Å². The summed E-state index contributed by atoms with van der Waals surface area (Å²) in [5.74, 6) is 1.50. The second kappa shape index (κ2) is 8.59. The van der Waals surface area contributed by atoms with Crippen LogP contribution >= 0.6 is 11.8 Å². The van der Waals surface area contributed by atoms with Crippen molar-refractivity contribution in [3.05, 3.63) is 61.2 Å². The molecule has 0 heterocycles. The van der Waals surface area contributed by atoms with Crippen LogP contribution in [0.5, 0.6) is 0 Å². The number of nitrogens with zero attached hydrogens (tertiary/aromatic N) is 1. The highest BCUT2D eigenvalue weighted by molar-refractivity contribution is 7.99.